The highest BCUT2D eigenvalue weighted by Gasteiger charge is 2.12. The molecule has 1 N–H and O–H groups in total. The van der Waals surface area contributed by atoms with Gasteiger partial charge in [0.15, 0.2) is 17.4 Å². The van der Waals surface area contributed by atoms with E-state index in [4.69, 9.17) is 4.74 Å². The summed E-state index contributed by atoms with van der Waals surface area (Å²) >= 11 is 1.59. The Balaban J connectivity index is 1.99. The zero-order chi connectivity index (χ0) is 13.7. The van der Waals surface area contributed by atoms with Crippen LogP contribution < -0.4 is 10.1 Å². The number of halogens is 2. The molecule has 1 aromatic carbocycles. The normalized spacial score (nSPS) is 10.7. The molecule has 0 aliphatic rings. The van der Waals surface area contributed by atoms with E-state index < -0.39 is 11.6 Å². The molecule has 0 amide bonds. The molecule has 102 valence electrons. The smallest absolute Gasteiger partial charge is 0.190 e. The molecule has 0 atom stereocenters. The van der Waals surface area contributed by atoms with Gasteiger partial charge in [-0.25, -0.2) is 8.78 Å². The van der Waals surface area contributed by atoms with Crippen LogP contribution in [-0.4, -0.2) is 13.7 Å². The first-order chi connectivity index (χ1) is 9.20. The minimum atomic E-state index is -0.657. The molecule has 0 unspecified atom stereocenters. The largest absolute Gasteiger partial charge is 0.487 e. The third kappa shape index (κ3) is 3.75. The Labute approximate surface area is 115 Å². The van der Waals surface area contributed by atoms with Crippen LogP contribution in [0.25, 0.3) is 0 Å². The molecule has 1 heterocycles. The second kappa shape index (κ2) is 6.63. The molecular formula is C14H15F2NOS. The minimum absolute atomic E-state index is 0.260. The summed E-state index contributed by atoms with van der Waals surface area (Å²) in [6.45, 7) is 0.680. The van der Waals surface area contributed by atoms with Crippen LogP contribution in [0.2, 0.25) is 0 Å². The molecule has 2 aromatic rings. The fourth-order valence-corrected chi connectivity index (χ4v) is 2.47. The lowest BCUT2D eigenvalue weighted by molar-refractivity contribution is 0.288. The van der Waals surface area contributed by atoms with E-state index in [0.29, 0.717) is 18.5 Å². The fraction of sp³-hybridized carbons (Fsp3) is 0.286. The summed E-state index contributed by atoms with van der Waals surface area (Å²) in [6.07, 6.45) is 0.640. The first-order valence-electron chi connectivity index (χ1n) is 5.97. The topological polar surface area (TPSA) is 21.3 Å². The van der Waals surface area contributed by atoms with Crippen molar-refractivity contribution in [2.24, 2.45) is 0 Å². The highest BCUT2D eigenvalue weighted by atomic mass is 32.1. The van der Waals surface area contributed by atoms with E-state index >= 15 is 0 Å². The lowest BCUT2D eigenvalue weighted by atomic mass is 10.2. The maximum Gasteiger partial charge on any atom is 0.190 e. The van der Waals surface area contributed by atoms with E-state index in [1.807, 2.05) is 16.8 Å². The quantitative estimate of drug-likeness (QED) is 0.877. The van der Waals surface area contributed by atoms with Crippen LogP contribution in [0.1, 0.15) is 11.1 Å². The molecule has 19 heavy (non-hydrogen) atoms. The molecule has 0 aliphatic heterocycles. The molecule has 0 aliphatic carbocycles. The summed E-state index contributed by atoms with van der Waals surface area (Å²) in [5.74, 6) is -1.61. The van der Waals surface area contributed by atoms with Gasteiger partial charge in [-0.2, -0.15) is 11.3 Å². The second-order valence-electron chi connectivity index (χ2n) is 4.15. The molecule has 0 fully saturated rings. The van der Waals surface area contributed by atoms with Crippen LogP contribution in [0.5, 0.6) is 5.75 Å². The first kappa shape index (κ1) is 14.0. The molecule has 0 radical (unpaired) electrons. The molecule has 0 saturated carbocycles. The Morgan fingerprint density at radius 2 is 1.95 bits per heavy atom. The number of benzene rings is 1. The van der Waals surface area contributed by atoms with Gasteiger partial charge in [0.1, 0.15) is 0 Å². The Bertz CT molecular complexity index is 505. The number of ether oxygens (including phenoxy) is 1. The highest BCUT2D eigenvalue weighted by Crippen LogP contribution is 2.23. The van der Waals surface area contributed by atoms with Crippen molar-refractivity contribution < 1.29 is 13.5 Å². The van der Waals surface area contributed by atoms with E-state index in [1.54, 1.807) is 18.4 Å². The average molecular weight is 283 g/mol. The predicted molar refractivity (Wildman–Crippen MR) is 72.6 cm³/mol. The van der Waals surface area contributed by atoms with Crippen molar-refractivity contribution in [1.29, 1.82) is 0 Å². The standard InChI is InChI=1S/C14H15F2NOS/c1-17-8-11-6-12(15)14(13(16)7-11)18-4-2-10-3-5-19-9-10/h3,5-7,9,17H,2,4,8H2,1H3. The molecule has 5 heteroatoms. The zero-order valence-corrected chi connectivity index (χ0v) is 11.4. The summed E-state index contributed by atoms with van der Waals surface area (Å²) in [5, 5.41) is 6.80. The number of hydrogen-bond acceptors (Lipinski definition) is 3. The van der Waals surface area contributed by atoms with Gasteiger partial charge in [0.05, 0.1) is 6.61 Å². The number of hydrogen-bond donors (Lipinski definition) is 1. The van der Waals surface area contributed by atoms with Crippen molar-refractivity contribution in [2.45, 2.75) is 13.0 Å². The Morgan fingerprint density at radius 3 is 2.53 bits per heavy atom. The summed E-state index contributed by atoms with van der Waals surface area (Å²) < 4.78 is 32.6. The molecule has 2 nitrogen and oxygen atoms in total. The van der Waals surface area contributed by atoms with Crippen molar-refractivity contribution in [1.82, 2.24) is 5.32 Å². The first-order valence-corrected chi connectivity index (χ1v) is 6.91. The van der Waals surface area contributed by atoms with Gasteiger partial charge in [-0.1, -0.05) is 0 Å². The van der Waals surface area contributed by atoms with Crippen molar-refractivity contribution >= 4 is 11.3 Å². The van der Waals surface area contributed by atoms with Crippen LogP contribution in [-0.2, 0) is 13.0 Å². The van der Waals surface area contributed by atoms with E-state index in [0.717, 1.165) is 5.56 Å². The fourth-order valence-electron chi connectivity index (χ4n) is 1.76. The second-order valence-corrected chi connectivity index (χ2v) is 4.93. The van der Waals surface area contributed by atoms with Crippen molar-refractivity contribution in [2.75, 3.05) is 13.7 Å². The highest BCUT2D eigenvalue weighted by molar-refractivity contribution is 7.07. The molecule has 2 rings (SSSR count). The third-order valence-electron chi connectivity index (χ3n) is 2.66. The van der Waals surface area contributed by atoms with Crippen LogP contribution in [0.15, 0.2) is 29.0 Å². The maximum atomic E-state index is 13.7. The molecule has 0 spiro atoms. The number of rotatable bonds is 6. The van der Waals surface area contributed by atoms with Crippen molar-refractivity contribution in [3.05, 3.63) is 51.7 Å². The Kier molecular flexibility index (Phi) is 4.87. The average Bonchev–Trinajstić information content (AvgIpc) is 2.86. The SMILES string of the molecule is CNCc1cc(F)c(OCCc2ccsc2)c(F)c1. The van der Waals surface area contributed by atoms with Gasteiger partial charge in [0.2, 0.25) is 0 Å². The number of thiophene rings is 1. The summed E-state index contributed by atoms with van der Waals surface area (Å²) in [5.41, 5.74) is 1.67. The summed E-state index contributed by atoms with van der Waals surface area (Å²) in [4.78, 5) is 0. The lowest BCUT2D eigenvalue weighted by Gasteiger charge is -2.09. The van der Waals surface area contributed by atoms with Crippen LogP contribution in [0, 0.1) is 11.6 Å². The molecular weight excluding hydrogens is 268 g/mol. The van der Waals surface area contributed by atoms with E-state index in [1.165, 1.54) is 12.1 Å². The number of nitrogens with one attached hydrogen (secondary N) is 1. The van der Waals surface area contributed by atoms with Gasteiger partial charge in [-0.3, -0.25) is 0 Å². The summed E-state index contributed by atoms with van der Waals surface area (Å²) in [6, 6.07) is 4.55. The molecule has 0 bridgehead atoms. The third-order valence-corrected chi connectivity index (χ3v) is 3.39. The van der Waals surface area contributed by atoms with Gasteiger partial charge in [0, 0.05) is 13.0 Å². The van der Waals surface area contributed by atoms with Crippen LogP contribution in [0.4, 0.5) is 8.78 Å². The molecule has 0 saturated heterocycles. The van der Waals surface area contributed by atoms with Crippen molar-refractivity contribution in [3.63, 3.8) is 0 Å². The van der Waals surface area contributed by atoms with Crippen molar-refractivity contribution in [3.8, 4) is 5.75 Å². The zero-order valence-electron chi connectivity index (χ0n) is 10.6. The van der Waals surface area contributed by atoms with Crippen LogP contribution in [0.3, 0.4) is 0 Å². The van der Waals surface area contributed by atoms with E-state index in [2.05, 4.69) is 5.32 Å². The van der Waals surface area contributed by atoms with Gasteiger partial charge in [-0.15, -0.1) is 0 Å². The van der Waals surface area contributed by atoms with Gasteiger partial charge in [0.25, 0.3) is 0 Å². The van der Waals surface area contributed by atoms with E-state index in [9.17, 15) is 8.78 Å². The Morgan fingerprint density at radius 1 is 1.21 bits per heavy atom. The molecule has 1 aromatic heterocycles. The Hall–Kier alpha value is -1.46. The summed E-state index contributed by atoms with van der Waals surface area (Å²) in [7, 11) is 1.72. The predicted octanol–water partition coefficient (Wildman–Crippen LogP) is 3.37. The monoisotopic (exact) mass is 283 g/mol. The maximum absolute atomic E-state index is 13.7. The van der Waals surface area contributed by atoms with Gasteiger partial charge < -0.3 is 10.1 Å². The van der Waals surface area contributed by atoms with Gasteiger partial charge >= 0.3 is 0 Å². The lowest BCUT2D eigenvalue weighted by Crippen LogP contribution is -2.08. The minimum Gasteiger partial charge on any atom is -0.487 e. The van der Waals surface area contributed by atoms with Gasteiger partial charge in [-0.05, 0) is 47.1 Å². The van der Waals surface area contributed by atoms with Crippen LogP contribution >= 0.6 is 11.3 Å². The van der Waals surface area contributed by atoms with E-state index in [-0.39, 0.29) is 12.4 Å².